The van der Waals surface area contributed by atoms with Gasteiger partial charge in [-0.3, -0.25) is 4.79 Å². The summed E-state index contributed by atoms with van der Waals surface area (Å²) in [6.07, 6.45) is 0. The van der Waals surface area contributed by atoms with Gasteiger partial charge in [0.15, 0.2) is 5.78 Å². The number of ether oxygens (including phenoxy) is 1. The van der Waals surface area contributed by atoms with Crippen molar-refractivity contribution < 1.29 is 22.3 Å². The zero-order valence-electron chi connectivity index (χ0n) is 8.72. The van der Waals surface area contributed by atoms with Crippen LogP contribution < -0.4 is 5.14 Å². The Balaban J connectivity index is 2.41. The molecule has 2 rings (SSSR count). The van der Waals surface area contributed by atoms with Gasteiger partial charge in [0.1, 0.15) is 17.3 Å². The van der Waals surface area contributed by atoms with Crippen LogP contribution in [0, 0.1) is 5.82 Å². The fourth-order valence-corrected chi connectivity index (χ4v) is 2.31. The van der Waals surface area contributed by atoms with Crippen LogP contribution in [0.2, 0.25) is 0 Å². The molecule has 0 bridgehead atoms. The third kappa shape index (κ3) is 2.36. The first kappa shape index (κ1) is 12.2. The topological polar surface area (TPSA) is 86.5 Å². The van der Waals surface area contributed by atoms with Gasteiger partial charge in [0, 0.05) is 0 Å². The lowest BCUT2D eigenvalue weighted by Gasteiger charge is -2.08. The quantitative estimate of drug-likeness (QED) is 0.819. The molecule has 0 radical (unpaired) electrons. The average Bonchev–Trinajstić information content (AvgIpc) is 2.62. The highest BCUT2D eigenvalue weighted by Gasteiger charge is 2.28. The van der Waals surface area contributed by atoms with Crippen LogP contribution in [0.15, 0.2) is 23.1 Å². The molecule has 1 aliphatic heterocycles. The summed E-state index contributed by atoms with van der Waals surface area (Å²) in [5, 5.41) is 4.83. The van der Waals surface area contributed by atoms with E-state index in [0.29, 0.717) is 5.56 Å². The molecule has 1 fully saturated rings. The van der Waals surface area contributed by atoms with Gasteiger partial charge in [-0.15, -0.1) is 0 Å². The summed E-state index contributed by atoms with van der Waals surface area (Å²) in [4.78, 5) is 10.8. The molecule has 0 spiro atoms. The molecule has 1 aliphatic rings. The Morgan fingerprint density at radius 2 is 2.12 bits per heavy atom. The number of carbonyl (C=O) groups excluding carboxylic acids is 1. The fraction of sp³-hybridized carbons (Fsp3) is 0.300. The number of primary sulfonamides is 1. The van der Waals surface area contributed by atoms with Crippen LogP contribution in [-0.2, 0) is 19.6 Å². The predicted molar refractivity (Wildman–Crippen MR) is 56.3 cm³/mol. The van der Waals surface area contributed by atoms with Crippen LogP contribution in [0.4, 0.5) is 4.39 Å². The number of benzene rings is 1. The van der Waals surface area contributed by atoms with Gasteiger partial charge in [-0.2, -0.15) is 0 Å². The molecule has 2 N–H and O–H groups in total. The zero-order valence-corrected chi connectivity index (χ0v) is 9.54. The van der Waals surface area contributed by atoms with Crippen molar-refractivity contribution in [2.24, 2.45) is 5.14 Å². The van der Waals surface area contributed by atoms with Gasteiger partial charge in [0.25, 0.3) is 0 Å². The van der Waals surface area contributed by atoms with E-state index in [9.17, 15) is 17.6 Å². The highest BCUT2D eigenvalue weighted by atomic mass is 32.2. The molecule has 1 atom stereocenters. The maximum atomic E-state index is 13.5. The summed E-state index contributed by atoms with van der Waals surface area (Å²) in [5.74, 6) is -1.63. The second-order valence-electron chi connectivity index (χ2n) is 3.77. The number of hydrogen-bond acceptors (Lipinski definition) is 4. The molecule has 5 nitrogen and oxygen atoms in total. The van der Waals surface area contributed by atoms with Crippen molar-refractivity contribution in [3.63, 3.8) is 0 Å². The first-order valence-electron chi connectivity index (χ1n) is 4.82. The van der Waals surface area contributed by atoms with Crippen molar-refractivity contribution >= 4 is 15.8 Å². The Hall–Kier alpha value is -1.31. The minimum atomic E-state index is -4.08. The lowest BCUT2D eigenvalue weighted by atomic mass is 9.97. The van der Waals surface area contributed by atoms with Crippen molar-refractivity contribution in [3.8, 4) is 0 Å². The Bertz CT molecular complexity index is 570. The summed E-state index contributed by atoms with van der Waals surface area (Å²) in [7, 11) is -4.08. The third-order valence-corrected chi connectivity index (χ3v) is 3.53. The average molecular weight is 259 g/mol. The number of hydrogen-bond donors (Lipinski definition) is 1. The number of rotatable bonds is 2. The number of ketones is 1. The lowest BCUT2D eigenvalue weighted by Crippen LogP contribution is -2.15. The van der Waals surface area contributed by atoms with Crippen molar-refractivity contribution in [1.82, 2.24) is 0 Å². The molecule has 0 saturated carbocycles. The van der Waals surface area contributed by atoms with Gasteiger partial charge in [-0.05, 0) is 17.7 Å². The molecular weight excluding hydrogens is 249 g/mol. The number of sulfonamides is 1. The number of nitrogens with two attached hydrogens (primary N) is 1. The van der Waals surface area contributed by atoms with E-state index in [1.54, 1.807) is 0 Å². The molecular formula is C10H10FNO4S. The third-order valence-electron chi connectivity index (χ3n) is 2.58. The van der Waals surface area contributed by atoms with Crippen LogP contribution in [0.5, 0.6) is 0 Å². The van der Waals surface area contributed by atoms with E-state index in [-0.39, 0.29) is 19.0 Å². The van der Waals surface area contributed by atoms with Crippen molar-refractivity contribution in [1.29, 1.82) is 0 Å². The smallest absolute Gasteiger partial charge is 0.240 e. The maximum absolute atomic E-state index is 13.5. The predicted octanol–water partition coefficient (Wildman–Crippen LogP) is 0.156. The second-order valence-corrected chi connectivity index (χ2v) is 5.30. The van der Waals surface area contributed by atoms with E-state index in [0.717, 1.165) is 12.1 Å². The molecule has 0 aromatic heterocycles. The minimum absolute atomic E-state index is 0.00320. The molecule has 17 heavy (non-hydrogen) atoms. The van der Waals surface area contributed by atoms with Crippen LogP contribution in [0.3, 0.4) is 0 Å². The summed E-state index contributed by atoms with van der Waals surface area (Å²) < 4.78 is 40.5. The van der Waals surface area contributed by atoms with E-state index in [1.807, 2.05) is 0 Å². The normalized spacial score (nSPS) is 20.8. The van der Waals surface area contributed by atoms with Crippen LogP contribution in [-0.4, -0.2) is 27.4 Å². The van der Waals surface area contributed by atoms with Gasteiger partial charge >= 0.3 is 0 Å². The van der Waals surface area contributed by atoms with Crippen molar-refractivity contribution in [2.75, 3.05) is 13.2 Å². The minimum Gasteiger partial charge on any atom is -0.373 e. The van der Waals surface area contributed by atoms with Gasteiger partial charge in [-0.1, -0.05) is 6.07 Å². The van der Waals surface area contributed by atoms with E-state index in [1.165, 1.54) is 6.07 Å². The van der Waals surface area contributed by atoms with E-state index in [2.05, 4.69) is 0 Å². The Morgan fingerprint density at radius 3 is 2.59 bits per heavy atom. The Labute approximate surface area is 97.4 Å². The molecule has 1 aromatic carbocycles. The molecule has 0 amide bonds. The van der Waals surface area contributed by atoms with Crippen LogP contribution in [0.25, 0.3) is 0 Å². The first-order valence-corrected chi connectivity index (χ1v) is 6.37. The highest BCUT2D eigenvalue weighted by Crippen LogP contribution is 2.25. The fourth-order valence-electron chi connectivity index (χ4n) is 1.72. The molecule has 1 heterocycles. The Kier molecular flexibility index (Phi) is 2.98. The van der Waals surface area contributed by atoms with Crippen LogP contribution in [0.1, 0.15) is 11.5 Å². The standard InChI is InChI=1S/C10H10FNO4S/c11-8-3-6(7-4-16-5-9(7)13)1-2-10(8)17(12,14)15/h1-3,7H,4-5H2,(H2,12,14,15). The second kappa shape index (κ2) is 4.17. The SMILES string of the molecule is NS(=O)(=O)c1ccc(C2COCC2=O)cc1F. The van der Waals surface area contributed by atoms with Crippen LogP contribution >= 0.6 is 0 Å². The monoisotopic (exact) mass is 259 g/mol. The van der Waals surface area contributed by atoms with Crippen molar-refractivity contribution in [2.45, 2.75) is 10.8 Å². The number of Topliss-reactive ketones (excluding diaryl/α,β-unsaturated/α-hetero) is 1. The van der Waals surface area contributed by atoms with E-state index in [4.69, 9.17) is 9.88 Å². The summed E-state index contributed by atoms with van der Waals surface area (Å²) in [6.45, 7) is 0.191. The zero-order chi connectivity index (χ0) is 12.6. The molecule has 7 heteroatoms. The summed E-state index contributed by atoms with van der Waals surface area (Å²) in [6, 6.07) is 3.45. The molecule has 92 valence electrons. The van der Waals surface area contributed by atoms with Gasteiger partial charge < -0.3 is 4.74 Å². The number of halogens is 1. The molecule has 1 unspecified atom stereocenters. The van der Waals surface area contributed by atoms with Gasteiger partial charge in [0.05, 0.1) is 12.5 Å². The number of carbonyl (C=O) groups is 1. The first-order chi connectivity index (χ1) is 7.89. The Morgan fingerprint density at radius 1 is 1.41 bits per heavy atom. The van der Waals surface area contributed by atoms with E-state index < -0.39 is 26.7 Å². The molecule has 1 aromatic rings. The summed E-state index contributed by atoms with van der Waals surface area (Å²) in [5.41, 5.74) is 0.400. The lowest BCUT2D eigenvalue weighted by molar-refractivity contribution is -0.118. The van der Waals surface area contributed by atoms with E-state index >= 15 is 0 Å². The maximum Gasteiger partial charge on any atom is 0.240 e. The summed E-state index contributed by atoms with van der Waals surface area (Å²) >= 11 is 0. The molecule has 0 aliphatic carbocycles. The van der Waals surface area contributed by atoms with Gasteiger partial charge in [0.2, 0.25) is 10.0 Å². The largest absolute Gasteiger partial charge is 0.373 e. The highest BCUT2D eigenvalue weighted by molar-refractivity contribution is 7.89. The molecule has 1 saturated heterocycles. The van der Waals surface area contributed by atoms with Crippen molar-refractivity contribution in [3.05, 3.63) is 29.6 Å². The van der Waals surface area contributed by atoms with Gasteiger partial charge in [-0.25, -0.2) is 17.9 Å².